The van der Waals surface area contributed by atoms with Crippen LogP contribution in [-0.4, -0.2) is 31.1 Å². The van der Waals surface area contributed by atoms with Gasteiger partial charge < -0.3 is 5.11 Å². The van der Waals surface area contributed by atoms with Crippen molar-refractivity contribution in [3.63, 3.8) is 0 Å². The van der Waals surface area contributed by atoms with Crippen LogP contribution in [0.3, 0.4) is 0 Å². The molecule has 1 N–H and O–H groups in total. The molecule has 1 aliphatic carbocycles. The fourth-order valence-electron chi connectivity index (χ4n) is 3.00. The molecule has 116 valence electrons. The molecule has 1 saturated carbocycles. The van der Waals surface area contributed by atoms with Crippen molar-refractivity contribution in [1.29, 1.82) is 0 Å². The third-order valence-electron chi connectivity index (χ3n) is 4.15. The van der Waals surface area contributed by atoms with E-state index in [0.29, 0.717) is 12.2 Å². The van der Waals surface area contributed by atoms with Crippen LogP contribution in [0, 0.1) is 12.8 Å². The van der Waals surface area contributed by atoms with Gasteiger partial charge in [0.25, 0.3) is 0 Å². The van der Waals surface area contributed by atoms with Crippen molar-refractivity contribution in [3.8, 4) is 5.82 Å². The van der Waals surface area contributed by atoms with E-state index >= 15 is 0 Å². The summed E-state index contributed by atoms with van der Waals surface area (Å²) in [6.45, 7) is 1.88. The van der Waals surface area contributed by atoms with Crippen LogP contribution >= 0.6 is 15.9 Å². The molecule has 6 nitrogen and oxygen atoms in total. The number of aliphatic carboxylic acids is 1. The summed E-state index contributed by atoms with van der Waals surface area (Å²) in [7, 11) is 0. The number of carboxylic acid groups (broad SMARTS) is 1. The minimum absolute atomic E-state index is 0.0553. The Morgan fingerprint density at radius 3 is 2.77 bits per heavy atom. The van der Waals surface area contributed by atoms with Crippen molar-refractivity contribution >= 4 is 21.9 Å². The molecule has 22 heavy (non-hydrogen) atoms. The van der Waals surface area contributed by atoms with Crippen molar-refractivity contribution in [2.24, 2.45) is 5.92 Å². The lowest BCUT2D eigenvalue weighted by Gasteiger charge is -2.27. The monoisotopic (exact) mass is 364 g/mol. The van der Waals surface area contributed by atoms with E-state index in [-0.39, 0.29) is 11.8 Å². The van der Waals surface area contributed by atoms with Crippen molar-refractivity contribution in [1.82, 2.24) is 20.0 Å². The number of rotatable bonds is 3. The highest BCUT2D eigenvalue weighted by Crippen LogP contribution is 2.40. The molecule has 2 aromatic heterocycles. The second kappa shape index (κ2) is 6.16. The molecule has 0 aromatic carbocycles. The smallest absolute Gasteiger partial charge is 0.307 e. The first-order valence-corrected chi connectivity index (χ1v) is 8.14. The van der Waals surface area contributed by atoms with Gasteiger partial charge in [-0.2, -0.15) is 10.2 Å². The molecule has 0 spiro atoms. The first-order valence-electron chi connectivity index (χ1n) is 7.35. The Labute approximate surface area is 136 Å². The van der Waals surface area contributed by atoms with Gasteiger partial charge in [0, 0.05) is 12.1 Å². The van der Waals surface area contributed by atoms with Crippen LogP contribution in [0.25, 0.3) is 5.82 Å². The maximum atomic E-state index is 11.5. The fourth-order valence-corrected chi connectivity index (χ4v) is 3.57. The van der Waals surface area contributed by atoms with Gasteiger partial charge in [0.05, 0.1) is 21.8 Å². The number of hydrogen-bond acceptors (Lipinski definition) is 4. The van der Waals surface area contributed by atoms with Gasteiger partial charge in [-0.05, 0) is 47.8 Å². The van der Waals surface area contributed by atoms with Crippen molar-refractivity contribution in [2.45, 2.75) is 38.5 Å². The molecule has 2 atom stereocenters. The number of aryl methyl sites for hydroxylation is 1. The Kier molecular flexibility index (Phi) is 4.24. The molecule has 0 radical (unpaired) electrons. The predicted molar refractivity (Wildman–Crippen MR) is 83.9 cm³/mol. The summed E-state index contributed by atoms with van der Waals surface area (Å²) in [6, 6.07) is 3.72. The lowest BCUT2D eigenvalue weighted by atomic mass is 9.77. The van der Waals surface area contributed by atoms with Crippen LogP contribution in [0.1, 0.15) is 43.0 Å². The zero-order valence-electron chi connectivity index (χ0n) is 12.2. The van der Waals surface area contributed by atoms with E-state index in [1.54, 1.807) is 4.68 Å². The molecule has 2 heterocycles. The molecule has 1 fully saturated rings. The molecular weight excluding hydrogens is 348 g/mol. The predicted octanol–water partition coefficient (Wildman–Crippen LogP) is 3.09. The first-order chi connectivity index (χ1) is 10.6. The second-order valence-corrected chi connectivity index (χ2v) is 6.53. The number of nitrogens with zero attached hydrogens (tertiary/aromatic N) is 4. The average molecular weight is 365 g/mol. The maximum Gasteiger partial charge on any atom is 0.307 e. The zero-order chi connectivity index (χ0) is 15.7. The zero-order valence-corrected chi connectivity index (χ0v) is 13.8. The average Bonchev–Trinajstić information content (AvgIpc) is 2.89. The molecule has 0 saturated heterocycles. The molecule has 0 bridgehead atoms. The van der Waals surface area contributed by atoms with Gasteiger partial charge in [-0.1, -0.05) is 12.8 Å². The summed E-state index contributed by atoms with van der Waals surface area (Å²) >= 11 is 3.52. The summed E-state index contributed by atoms with van der Waals surface area (Å²) in [5, 5.41) is 22.2. The standard InChI is InChI=1S/C15H17BrN4O2/c1-9-6-7-13(18-17-9)20-8-12(16)14(19-20)10-4-2-3-5-11(10)15(21)22/h6-8,10-11H,2-5H2,1H3,(H,21,22). The second-order valence-electron chi connectivity index (χ2n) is 5.68. The molecule has 0 aliphatic heterocycles. The Hall–Kier alpha value is -1.76. The van der Waals surface area contributed by atoms with Crippen LogP contribution in [0.15, 0.2) is 22.8 Å². The molecule has 3 rings (SSSR count). The number of carboxylic acids is 1. The Morgan fingerprint density at radius 2 is 2.09 bits per heavy atom. The molecule has 1 aliphatic rings. The highest BCUT2D eigenvalue weighted by atomic mass is 79.9. The van der Waals surface area contributed by atoms with E-state index in [1.165, 1.54) is 0 Å². The minimum atomic E-state index is -0.735. The van der Waals surface area contributed by atoms with Crippen LogP contribution in [0.5, 0.6) is 0 Å². The lowest BCUT2D eigenvalue weighted by Crippen LogP contribution is -2.26. The number of carbonyl (C=O) groups is 1. The van der Waals surface area contributed by atoms with Gasteiger partial charge in [0.2, 0.25) is 0 Å². The van der Waals surface area contributed by atoms with E-state index in [1.807, 2.05) is 25.3 Å². The van der Waals surface area contributed by atoms with E-state index in [9.17, 15) is 9.90 Å². The summed E-state index contributed by atoms with van der Waals surface area (Å²) in [4.78, 5) is 11.5. The van der Waals surface area contributed by atoms with Crippen LogP contribution in [0.2, 0.25) is 0 Å². The van der Waals surface area contributed by atoms with E-state index < -0.39 is 5.97 Å². The van der Waals surface area contributed by atoms with Gasteiger partial charge in [-0.3, -0.25) is 4.79 Å². The summed E-state index contributed by atoms with van der Waals surface area (Å²) < 4.78 is 2.48. The van der Waals surface area contributed by atoms with Gasteiger partial charge in [0.1, 0.15) is 0 Å². The van der Waals surface area contributed by atoms with Crippen molar-refractivity contribution in [2.75, 3.05) is 0 Å². The van der Waals surface area contributed by atoms with Gasteiger partial charge in [0.15, 0.2) is 5.82 Å². The topological polar surface area (TPSA) is 80.9 Å². The quantitative estimate of drug-likeness (QED) is 0.904. The Morgan fingerprint density at radius 1 is 1.32 bits per heavy atom. The fraction of sp³-hybridized carbons (Fsp3) is 0.467. The van der Waals surface area contributed by atoms with Crippen molar-refractivity contribution < 1.29 is 9.90 Å². The highest BCUT2D eigenvalue weighted by Gasteiger charge is 2.34. The summed E-state index contributed by atoms with van der Waals surface area (Å²) in [5.74, 6) is -0.528. The van der Waals surface area contributed by atoms with Gasteiger partial charge >= 0.3 is 5.97 Å². The molecule has 2 aromatic rings. The van der Waals surface area contributed by atoms with Crippen LogP contribution in [0.4, 0.5) is 0 Å². The number of halogens is 1. The molecule has 0 amide bonds. The third-order valence-corrected chi connectivity index (χ3v) is 4.76. The third kappa shape index (κ3) is 2.90. The largest absolute Gasteiger partial charge is 0.481 e. The minimum Gasteiger partial charge on any atom is -0.481 e. The summed E-state index contributed by atoms with van der Waals surface area (Å²) in [5.41, 5.74) is 1.64. The number of hydrogen-bond donors (Lipinski definition) is 1. The molecular formula is C15H17BrN4O2. The van der Waals surface area contributed by atoms with Gasteiger partial charge in [-0.15, -0.1) is 5.10 Å². The van der Waals surface area contributed by atoms with Crippen LogP contribution in [-0.2, 0) is 4.79 Å². The van der Waals surface area contributed by atoms with E-state index in [4.69, 9.17) is 0 Å². The Balaban J connectivity index is 1.94. The molecule has 2 unspecified atom stereocenters. The SMILES string of the molecule is Cc1ccc(-n2cc(Br)c(C3CCCCC3C(=O)O)n2)nn1. The summed E-state index contributed by atoms with van der Waals surface area (Å²) in [6.07, 6.45) is 5.39. The Bertz CT molecular complexity index is 683. The first kappa shape index (κ1) is 15.1. The lowest BCUT2D eigenvalue weighted by molar-refractivity contribution is -0.143. The van der Waals surface area contributed by atoms with E-state index in [0.717, 1.165) is 35.1 Å². The number of aromatic nitrogens is 4. The van der Waals surface area contributed by atoms with E-state index in [2.05, 4.69) is 31.2 Å². The van der Waals surface area contributed by atoms with Crippen LogP contribution < -0.4 is 0 Å². The molecule has 7 heteroatoms. The normalized spacial score (nSPS) is 21.7. The van der Waals surface area contributed by atoms with Crippen molar-refractivity contribution in [3.05, 3.63) is 34.2 Å². The maximum absolute atomic E-state index is 11.5. The van der Waals surface area contributed by atoms with Gasteiger partial charge in [-0.25, -0.2) is 4.68 Å². The highest BCUT2D eigenvalue weighted by molar-refractivity contribution is 9.10.